The molecular weight excluding hydrogens is 439 g/mol. The van der Waals surface area contributed by atoms with Crippen molar-refractivity contribution in [3.63, 3.8) is 0 Å². The normalized spacial score (nSPS) is 15.4. The topological polar surface area (TPSA) is 69.0 Å². The summed E-state index contributed by atoms with van der Waals surface area (Å²) in [6, 6.07) is 13.2. The number of nitrogens with one attached hydrogen (secondary N) is 1. The van der Waals surface area contributed by atoms with Gasteiger partial charge in [-0.2, -0.15) is 4.98 Å². The molecule has 0 spiro atoms. The number of anilines is 1. The number of allylic oxidation sites excluding steroid dienone is 1. The van der Waals surface area contributed by atoms with Crippen molar-refractivity contribution in [3.8, 4) is 0 Å². The summed E-state index contributed by atoms with van der Waals surface area (Å²) in [5.74, 6) is 0.345. The number of benzene rings is 2. The van der Waals surface area contributed by atoms with E-state index in [2.05, 4.69) is 15.4 Å². The summed E-state index contributed by atoms with van der Waals surface area (Å²) in [6.45, 7) is 3.85. The van der Waals surface area contributed by atoms with Crippen molar-refractivity contribution in [2.45, 2.75) is 30.8 Å². The van der Waals surface area contributed by atoms with E-state index >= 15 is 0 Å². The molecule has 1 aliphatic rings. The van der Waals surface area contributed by atoms with Crippen LogP contribution in [0.15, 0.2) is 65.0 Å². The predicted octanol–water partition coefficient (Wildman–Crippen LogP) is 5.21. The zero-order valence-corrected chi connectivity index (χ0v) is 18.5. The standard InChI is InChI=1S/C22H20ClFN4O2S/c1-3-30-20(29)18-13(2)25-21-26-22(31-12-14-5-4-6-17(24)11-14)27-28(21)19(18)15-7-9-16(23)10-8-15/h4-11,19H,3,12H2,1-2H3,(H,25,26,27). The Labute approximate surface area is 188 Å². The number of halogens is 2. The van der Waals surface area contributed by atoms with Gasteiger partial charge in [0.2, 0.25) is 11.1 Å². The number of thioether (sulfide) groups is 1. The van der Waals surface area contributed by atoms with Crippen molar-refractivity contribution < 1.29 is 13.9 Å². The molecule has 6 nitrogen and oxygen atoms in total. The van der Waals surface area contributed by atoms with Crippen LogP contribution in [0.4, 0.5) is 10.3 Å². The van der Waals surface area contributed by atoms with E-state index in [1.165, 1.54) is 23.9 Å². The maximum Gasteiger partial charge on any atom is 0.338 e. The molecule has 1 aromatic heterocycles. The molecule has 9 heteroatoms. The molecule has 0 saturated carbocycles. The fraction of sp³-hybridized carbons (Fsp3) is 0.227. The van der Waals surface area contributed by atoms with Gasteiger partial charge in [0.25, 0.3) is 0 Å². The molecule has 31 heavy (non-hydrogen) atoms. The molecule has 0 saturated heterocycles. The van der Waals surface area contributed by atoms with Gasteiger partial charge in [-0.05, 0) is 49.2 Å². The number of rotatable bonds is 6. The minimum atomic E-state index is -0.511. The molecule has 1 aliphatic heterocycles. The Bertz CT molecular complexity index is 1150. The van der Waals surface area contributed by atoms with E-state index in [1.807, 2.05) is 25.1 Å². The second kappa shape index (κ2) is 9.11. The lowest BCUT2D eigenvalue weighted by atomic mass is 9.96. The van der Waals surface area contributed by atoms with E-state index in [9.17, 15) is 9.18 Å². The van der Waals surface area contributed by atoms with Crippen molar-refractivity contribution in [2.75, 3.05) is 11.9 Å². The van der Waals surface area contributed by atoms with Crippen molar-refractivity contribution in [2.24, 2.45) is 0 Å². The first-order valence-corrected chi connectivity index (χ1v) is 11.1. The van der Waals surface area contributed by atoms with Gasteiger partial charge in [0.05, 0.1) is 12.2 Å². The minimum Gasteiger partial charge on any atom is -0.463 e. The summed E-state index contributed by atoms with van der Waals surface area (Å²) in [5.41, 5.74) is 2.78. The van der Waals surface area contributed by atoms with Crippen molar-refractivity contribution in [1.29, 1.82) is 0 Å². The van der Waals surface area contributed by atoms with Crippen molar-refractivity contribution in [1.82, 2.24) is 14.8 Å². The Morgan fingerprint density at radius 3 is 2.77 bits per heavy atom. The van der Waals surface area contributed by atoms with E-state index in [-0.39, 0.29) is 12.4 Å². The Morgan fingerprint density at radius 2 is 2.06 bits per heavy atom. The van der Waals surface area contributed by atoms with Gasteiger partial charge in [-0.3, -0.25) is 0 Å². The largest absolute Gasteiger partial charge is 0.463 e. The number of ether oxygens (including phenoxy) is 1. The quantitative estimate of drug-likeness (QED) is 0.403. The second-order valence-corrected chi connectivity index (χ2v) is 8.30. The van der Waals surface area contributed by atoms with Crippen LogP contribution in [0.2, 0.25) is 5.02 Å². The Morgan fingerprint density at radius 1 is 1.29 bits per heavy atom. The van der Waals surface area contributed by atoms with Gasteiger partial charge in [-0.1, -0.05) is 47.6 Å². The highest BCUT2D eigenvalue weighted by molar-refractivity contribution is 7.98. The molecule has 0 aliphatic carbocycles. The maximum absolute atomic E-state index is 13.5. The van der Waals surface area contributed by atoms with E-state index in [0.717, 1.165) is 11.1 Å². The molecule has 1 unspecified atom stereocenters. The van der Waals surface area contributed by atoms with Gasteiger partial charge in [0.15, 0.2) is 0 Å². The van der Waals surface area contributed by atoms with Gasteiger partial charge in [0, 0.05) is 16.5 Å². The van der Waals surface area contributed by atoms with Crippen molar-refractivity contribution >= 4 is 35.3 Å². The number of nitrogens with zero attached hydrogens (tertiary/aromatic N) is 3. The van der Waals surface area contributed by atoms with Crippen molar-refractivity contribution in [3.05, 3.63) is 81.8 Å². The molecule has 0 fully saturated rings. The lowest BCUT2D eigenvalue weighted by molar-refractivity contribution is -0.139. The zero-order valence-electron chi connectivity index (χ0n) is 16.9. The first-order chi connectivity index (χ1) is 15.0. The van der Waals surface area contributed by atoms with Crippen LogP contribution in [-0.4, -0.2) is 27.3 Å². The molecular formula is C22H20ClFN4O2S. The molecule has 1 N–H and O–H groups in total. The van der Waals surface area contributed by atoms with Gasteiger partial charge < -0.3 is 10.1 Å². The zero-order chi connectivity index (χ0) is 22.0. The molecule has 0 bridgehead atoms. The lowest BCUT2D eigenvalue weighted by Crippen LogP contribution is -2.29. The number of hydrogen-bond acceptors (Lipinski definition) is 6. The number of hydrogen-bond donors (Lipinski definition) is 1. The Hall–Kier alpha value is -2.84. The predicted molar refractivity (Wildman–Crippen MR) is 119 cm³/mol. The summed E-state index contributed by atoms with van der Waals surface area (Å²) in [6.07, 6.45) is 0. The smallest absolute Gasteiger partial charge is 0.338 e. The van der Waals surface area contributed by atoms with Gasteiger partial charge in [0.1, 0.15) is 11.9 Å². The van der Waals surface area contributed by atoms with Crippen LogP contribution >= 0.6 is 23.4 Å². The summed E-state index contributed by atoms with van der Waals surface area (Å²) >= 11 is 7.45. The number of esters is 1. The summed E-state index contributed by atoms with van der Waals surface area (Å²) in [4.78, 5) is 17.3. The SMILES string of the molecule is CCOC(=O)C1=C(C)Nc2nc(SCc3cccc(F)c3)nn2C1c1ccc(Cl)cc1. The number of fused-ring (bicyclic) bond motifs is 1. The molecule has 1 atom stereocenters. The first kappa shape index (κ1) is 21.4. The third-order valence-electron chi connectivity index (χ3n) is 4.77. The van der Waals surface area contributed by atoms with E-state index < -0.39 is 12.0 Å². The molecule has 0 amide bonds. The average Bonchev–Trinajstić information content (AvgIpc) is 3.14. The molecule has 2 aromatic carbocycles. The second-order valence-electron chi connectivity index (χ2n) is 6.92. The van der Waals surface area contributed by atoms with Gasteiger partial charge in [-0.25, -0.2) is 13.9 Å². The number of carbonyl (C=O) groups is 1. The Kier molecular flexibility index (Phi) is 6.29. The lowest BCUT2D eigenvalue weighted by Gasteiger charge is -2.28. The fourth-order valence-electron chi connectivity index (χ4n) is 3.39. The van der Waals surface area contributed by atoms with Crippen LogP contribution in [0.5, 0.6) is 0 Å². The summed E-state index contributed by atoms with van der Waals surface area (Å²) in [5, 5.41) is 8.91. The molecule has 160 valence electrons. The van der Waals surface area contributed by atoms with E-state index in [1.54, 1.807) is 29.8 Å². The maximum atomic E-state index is 13.5. The van der Waals surface area contributed by atoms with Crippen LogP contribution in [0.1, 0.15) is 31.0 Å². The van der Waals surface area contributed by atoms with Crippen LogP contribution in [0.25, 0.3) is 0 Å². The fourth-order valence-corrected chi connectivity index (χ4v) is 4.29. The molecule has 0 radical (unpaired) electrons. The Balaban J connectivity index is 1.68. The number of carbonyl (C=O) groups excluding carboxylic acids is 1. The van der Waals surface area contributed by atoms with E-state index in [4.69, 9.17) is 16.3 Å². The summed E-state index contributed by atoms with van der Waals surface area (Å²) in [7, 11) is 0. The average molecular weight is 459 g/mol. The molecule has 2 heterocycles. The van der Waals surface area contributed by atoms with Gasteiger partial charge >= 0.3 is 5.97 Å². The molecule has 4 rings (SSSR count). The van der Waals surface area contributed by atoms with Crippen LogP contribution in [0.3, 0.4) is 0 Å². The van der Waals surface area contributed by atoms with Gasteiger partial charge in [-0.15, -0.1) is 5.10 Å². The van der Waals surface area contributed by atoms with Crippen LogP contribution in [-0.2, 0) is 15.3 Å². The number of aromatic nitrogens is 3. The first-order valence-electron chi connectivity index (χ1n) is 9.70. The third kappa shape index (κ3) is 4.60. The highest BCUT2D eigenvalue weighted by Crippen LogP contribution is 2.37. The van der Waals surface area contributed by atoms with E-state index in [0.29, 0.717) is 33.2 Å². The monoisotopic (exact) mass is 458 g/mol. The summed E-state index contributed by atoms with van der Waals surface area (Å²) < 4.78 is 20.4. The highest BCUT2D eigenvalue weighted by atomic mass is 35.5. The molecule has 3 aromatic rings. The van der Waals surface area contributed by atoms with Crippen LogP contribution < -0.4 is 5.32 Å². The minimum absolute atomic E-state index is 0.266. The third-order valence-corrected chi connectivity index (χ3v) is 5.93. The highest BCUT2D eigenvalue weighted by Gasteiger charge is 2.35. The van der Waals surface area contributed by atoms with Crippen LogP contribution in [0, 0.1) is 5.82 Å².